The fraction of sp³-hybridized carbons (Fsp3) is 0.857. The van der Waals surface area contributed by atoms with Gasteiger partial charge >= 0.3 is 5.97 Å². The van der Waals surface area contributed by atoms with Crippen LogP contribution in [0.3, 0.4) is 0 Å². The zero-order valence-corrected chi connectivity index (χ0v) is 12.4. The van der Waals surface area contributed by atoms with E-state index < -0.39 is 0 Å². The number of carbonyl (C=O) groups excluding carboxylic acids is 2. The molecule has 1 saturated heterocycles. The Morgan fingerprint density at radius 1 is 1.42 bits per heavy atom. The number of ether oxygens (including phenoxy) is 1. The summed E-state index contributed by atoms with van der Waals surface area (Å²) in [5.74, 6) is 0.0554. The summed E-state index contributed by atoms with van der Waals surface area (Å²) < 4.78 is 4.96. The SMILES string of the molecule is CCCN1CCC(N(C)CC(=O)OCC)CCC1=O. The number of likely N-dealkylation sites (N-methyl/N-ethyl adjacent to an activating group) is 1. The van der Waals surface area contributed by atoms with Gasteiger partial charge in [0.2, 0.25) is 5.91 Å². The summed E-state index contributed by atoms with van der Waals surface area (Å²) in [6.07, 6.45) is 3.34. The Kier molecular flexibility index (Phi) is 6.84. The van der Waals surface area contributed by atoms with Crippen LogP contribution >= 0.6 is 0 Å². The van der Waals surface area contributed by atoms with Gasteiger partial charge in [0.15, 0.2) is 0 Å². The lowest BCUT2D eigenvalue weighted by molar-refractivity contribution is -0.144. The summed E-state index contributed by atoms with van der Waals surface area (Å²) in [6.45, 7) is 6.26. The molecular formula is C14H26N2O3. The Bertz CT molecular complexity index is 307. The fourth-order valence-corrected chi connectivity index (χ4v) is 2.51. The number of carbonyl (C=O) groups is 2. The summed E-state index contributed by atoms with van der Waals surface area (Å²) in [7, 11) is 1.93. The van der Waals surface area contributed by atoms with Crippen molar-refractivity contribution < 1.29 is 14.3 Å². The minimum Gasteiger partial charge on any atom is -0.465 e. The highest BCUT2D eigenvalue weighted by Crippen LogP contribution is 2.17. The molecule has 1 rings (SSSR count). The van der Waals surface area contributed by atoms with Crippen LogP contribution in [-0.4, -0.2) is 61.0 Å². The third-order valence-electron chi connectivity index (χ3n) is 3.58. The van der Waals surface area contributed by atoms with E-state index in [0.29, 0.717) is 19.6 Å². The number of nitrogens with zero attached hydrogens (tertiary/aromatic N) is 2. The van der Waals surface area contributed by atoms with Gasteiger partial charge in [-0.15, -0.1) is 0 Å². The van der Waals surface area contributed by atoms with Crippen LogP contribution in [0.2, 0.25) is 0 Å². The van der Waals surface area contributed by atoms with E-state index in [1.165, 1.54) is 0 Å². The molecule has 1 heterocycles. The second-order valence-corrected chi connectivity index (χ2v) is 5.08. The van der Waals surface area contributed by atoms with Gasteiger partial charge in [0.1, 0.15) is 0 Å². The lowest BCUT2D eigenvalue weighted by Crippen LogP contribution is -2.37. The molecule has 1 unspecified atom stereocenters. The van der Waals surface area contributed by atoms with Crippen LogP contribution in [0, 0.1) is 0 Å². The summed E-state index contributed by atoms with van der Waals surface area (Å²) >= 11 is 0. The molecule has 5 nitrogen and oxygen atoms in total. The molecule has 1 atom stereocenters. The van der Waals surface area contributed by atoms with E-state index in [0.717, 1.165) is 32.4 Å². The Labute approximate surface area is 115 Å². The first kappa shape index (κ1) is 16.0. The van der Waals surface area contributed by atoms with Crippen LogP contribution < -0.4 is 0 Å². The van der Waals surface area contributed by atoms with Gasteiger partial charge in [-0.25, -0.2) is 0 Å². The molecule has 5 heteroatoms. The first-order valence-corrected chi connectivity index (χ1v) is 7.22. The van der Waals surface area contributed by atoms with Crippen molar-refractivity contribution in [1.29, 1.82) is 0 Å². The van der Waals surface area contributed by atoms with E-state index in [1.807, 2.05) is 23.8 Å². The normalized spacial score (nSPS) is 20.5. The number of rotatable bonds is 6. The van der Waals surface area contributed by atoms with E-state index in [2.05, 4.69) is 6.92 Å². The number of amides is 1. The van der Waals surface area contributed by atoms with Crippen LogP contribution in [0.4, 0.5) is 0 Å². The zero-order valence-electron chi connectivity index (χ0n) is 12.4. The van der Waals surface area contributed by atoms with Crippen molar-refractivity contribution in [2.45, 2.75) is 45.6 Å². The van der Waals surface area contributed by atoms with Crippen molar-refractivity contribution >= 4 is 11.9 Å². The smallest absolute Gasteiger partial charge is 0.320 e. The third-order valence-corrected chi connectivity index (χ3v) is 3.58. The summed E-state index contributed by atoms with van der Waals surface area (Å²) in [4.78, 5) is 27.3. The van der Waals surface area contributed by atoms with Gasteiger partial charge in [-0.3, -0.25) is 14.5 Å². The highest BCUT2D eigenvalue weighted by molar-refractivity contribution is 5.76. The minimum absolute atomic E-state index is 0.189. The second kappa shape index (κ2) is 8.15. The molecule has 0 spiro atoms. The van der Waals surface area contributed by atoms with Gasteiger partial charge in [0, 0.05) is 25.6 Å². The molecule has 19 heavy (non-hydrogen) atoms. The van der Waals surface area contributed by atoms with Crippen LogP contribution in [0.25, 0.3) is 0 Å². The largest absolute Gasteiger partial charge is 0.465 e. The monoisotopic (exact) mass is 270 g/mol. The van der Waals surface area contributed by atoms with Crippen molar-refractivity contribution in [3.8, 4) is 0 Å². The predicted octanol–water partition coefficient (Wildman–Crippen LogP) is 1.27. The Hall–Kier alpha value is -1.10. The second-order valence-electron chi connectivity index (χ2n) is 5.08. The van der Waals surface area contributed by atoms with Crippen LogP contribution in [-0.2, 0) is 14.3 Å². The average molecular weight is 270 g/mol. The summed E-state index contributed by atoms with van der Waals surface area (Å²) in [5, 5.41) is 0. The van der Waals surface area contributed by atoms with Gasteiger partial charge in [-0.05, 0) is 33.2 Å². The number of likely N-dealkylation sites (tertiary alicyclic amines) is 1. The molecule has 0 aromatic carbocycles. The standard InChI is InChI=1S/C14H26N2O3/c1-4-9-16-10-8-12(6-7-13(16)17)15(3)11-14(18)19-5-2/h12H,4-11H2,1-3H3. The molecule has 1 aliphatic rings. The van der Waals surface area contributed by atoms with Crippen LogP contribution in [0.1, 0.15) is 39.5 Å². The molecule has 1 aliphatic heterocycles. The van der Waals surface area contributed by atoms with E-state index >= 15 is 0 Å². The van der Waals surface area contributed by atoms with Crippen LogP contribution in [0.15, 0.2) is 0 Å². The van der Waals surface area contributed by atoms with Crippen molar-refractivity contribution in [2.24, 2.45) is 0 Å². The molecule has 0 aromatic rings. The lowest BCUT2D eigenvalue weighted by atomic mass is 10.1. The van der Waals surface area contributed by atoms with Crippen molar-refractivity contribution in [3.05, 3.63) is 0 Å². The molecule has 110 valence electrons. The summed E-state index contributed by atoms with van der Waals surface area (Å²) in [6, 6.07) is 0.287. The lowest BCUT2D eigenvalue weighted by Gasteiger charge is -2.26. The number of hydrogen-bond donors (Lipinski definition) is 0. The molecule has 0 radical (unpaired) electrons. The number of esters is 1. The maximum Gasteiger partial charge on any atom is 0.320 e. The Morgan fingerprint density at radius 3 is 2.79 bits per heavy atom. The Balaban J connectivity index is 2.47. The fourth-order valence-electron chi connectivity index (χ4n) is 2.51. The maximum atomic E-state index is 11.9. The van der Waals surface area contributed by atoms with Gasteiger partial charge in [0.05, 0.1) is 13.2 Å². The molecule has 0 saturated carbocycles. The molecule has 0 aliphatic carbocycles. The minimum atomic E-state index is -0.189. The molecule has 0 N–H and O–H groups in total. The predicted molar refractivity (Wildman–Crippen MR) is 73.8 cm³/mol. The first-order valence-electron chi connectivity index (χ1n) is 7.22. The molecule has 0 bridgehead atoms. The molecule has 0 aromatic heterocycles. The van der Waals surface area contributed by atoms with Crippen molar-refractivity contribution in [2.75, 3.05) is 33.3 Å². The maximum absolute atomic E-state index is 11.9. The van der Waals surface area contributed by atoms with Crippen molar-refractivity contribution in [3.63, 3.8) is 0 Å². The highest BCUT2D eigenvalue weighted by atomic mass is 16.5. The van der Waals surface area contributed by atoms with E-state index in [1.54, 1.807) is 0 Å². The van der Waals surface area contributed by atoms with E-state index in [4.69, 9.17) is 4.74 Å². The first-order chi connectivity index (χ1) is 9.08. The number of hydrogen-bond acceptors (Lipinski definition) is 4. The van der Waals surface area contributed by atoms with Gasteiger partial charge in [0.25, 0.3) is 0 Å². The van der Waals surface area contributed by atoms with E-state index in [-0.39, 0.29) is 17.9 Å². The Morgan fingerprint density at radius 2 is 2.16 bits per heavy atom. The molecule has 1 amide bonds. The summed E-state index contributed by atoms with van der Waals surface area (Å²) in [5.41, 5.74) is 0. The van der Waals surface area contributed by atoms with Gasteiger partial charge in [-0.2, -0.15) is 0 Å². The third kappa shape index (κ3) is 5.19. The topological polar surface area (TPSA) is 49.9 Å². The van der Waals surface area contributed by atoms with Crippen LogP contribution in [0.5, 0.6) is 0 Å². The average Bonchev–Trinajstić information content (AvgIpc) is 2.53. The molecule has 1 fully saturated rings. The zero-order chi connectivity index (χ0) is 14.3. The van der Waals surface area contributed by atoms with Gasteiger partial charge < -0.3 is 9.64 Å². The highest BCUT2D eigenvalue weighted by Gasteiger charge is 2.25. The molecular weight excluding hydrogens is 244 g/mol. The van der Waals surface area contributed by atoms with E-state index in [9.17, 15) is 9.59 Å². The van der Waals surface area contributed by atoms with Crippen molar-refractivity contribution in [1.82, 2.24) is 9.80 Å². The van der Waals surface area contributed by atoms with Gasteiger partial charge in [-0.1, -0.05) is 6.92 Å². The quantitative estimate of drug-likeness (QED) is 0.682.